The summed E-state index contributed by atoms with van der Waals surface area (Å²) in [6, 6.07) is 5.05. The van der Waals surface area contributed by atoms with E-state index in [0.717, 1.165) is 5.56 Å². The third-order valence-electron chi connectivity index (χ3n) is 2.32. The summed E-state index contributed by atoms with van der Waals surface area (Å²) in [5, 5.41) is 0.591. The summed E-state index contributed by atoms with van der Waals surface area (Å²) in [6.07, 6.45) is 1.28. The zero-order chi connectivity index (χ0) is 12.9. The molecule has 0 unspecified atom stereocenters. The molecule has 0 aliphatic heterocycles. The molecule has 0 heterocycles. The van der Waals surface area contributed by atoms with Crippen LogP contribution in [0.5, 0.6) is 0 Å². The van der Waals surface area contributed by atoms with Gasteiger partial charge in [0.25, 0.3) is 0 Å². The molecule has 0 bridgehead atoms. The second-order valence-electron chi connectivity index (χ2n) is 3.88. The van der Waals surface area contributed by atoms with Crippen LogP contribution in [0.1, 0.15) is 18.4 Å². The molecule has 1 aromatic carbocycles. The van der Waals surface area contributed by atoms with Gasteiger partial charge in [0.1, 0.15) is 0 Å². The first-order valence-electron chi connectivity index (χ1n) is 5.41. The third kappa shape index (κ3) is 4.93. The number of nitrogens with one attached hydrogen (secondary N) is 1. The molecule has 0 spiro atoms. The number of halogens is 1. The highest BCUT2D eigenvalue weighted by molar-refractivity contribution is 7.92. The Morgan fingerprint density at radius 3 is 2.65 bits per heavy atom. The highest BCUT2D eigenvalue weighted by Gasteiger charge is 2.11. The predicted octanol–water partition coefficient (Wildman–Crippen LogP) is 2.13. The number of hydrogen-bond donors (Lipinski definition) is 2. The lowest BCUT2D eigenvalue weighted by atomic mass is 10.2. The molecule has 0 amide bonds. The van der Waals surface area contributed by atoms with Gasteiger partial charge in [0.05, 0.1) is 11.4 Å². The standard InChI is InChI=1S/C11H17ClN2O2S/c1-9-8-10(12)4-5-11(9)14-17(15,16)7-3-2-6-13/h4-5,8,14H,2-3,6-7,13H2,1H3. The van der Waals surface area contributed by atoms with Crippen molar-refractivity contribution < 1.29 is 8.42 Å². The van der Waals surface area contributed by atoms with Crippen molar-refractivity contribution in [3.8, 4) is 0 Å². The van der Waals surface area contributed by atoms with Crippen molar-refractivity contribution in [3.05, 3.63) is 28.8 Å². The molecule has 4 nitrogen and oxygen atoms in total. The Bertz CT molecular complexity index is 474. The van der Waals surface area contributed by atoms with Gasteiger partial charge >= 0.3 is 0 Å². The van der Waals surface area contributed by atoms with Crippen LogP contribution in [0.25, 0.3) is 0 Å². The number of benzene rings is 1. The van der Waals surface area contributed by atoms with Crippen molar-refractivity contribution in [1.29, 1.82) is 0 Å². The molecule has 1 aromatic rings. The number of nitrogens with two attached hydrogens (primary N) is 1. The van der Waals surface area contributed by atoms with Crippen molar-refractivity contribution in [2.75, 3.05) is 17.0 Å². The molecule has 0 aliphatic rings. The summed E-state index contributed by atoms with van der Waals surface area (Å²) < 4.78 is 26.0. The summed E-state index contributed by atoms with van der Waals surface area (Å²) >= 11 is 5.80. The highest BCUT2D eigenvalue weighted by atomic mass is 35.5. The van der Waals surface area contributed by atoms with Gasteiger partial charge in [-0.25, -0.2) is 8.42 Å². The minimum absolute atomic E-state index is 0.0896. The highest BCUT2D eigenvalue weighted by Crippen LogP contribution is 2.20. The van der Waals surface area contributed by atoms with Gasteiger partial charge in [-0.05, 0) is 50.1 Å². The van der Waals surface area contributed by atoms with Crippen LogP contribution in [0.4, 0.5) is 5.69 Å². The maximum absolute atomic E-state index is 11.7. The molecule has 0 fully saturated rings. The van der Waals surface area contributed by atoms with Crippen LogP contribution in [0, 0.1) is 6.92 Å². The van der Waals surface area contributed by atoms with Gasteiger partial charge in [0.15, 0.2) is 0 Å². The predicted molar refractivity (Wildman–Crippen MR) is 71.9 cm³/mol. The van der Waals surface area contributed by atoms with E-state index in [2.05, 4.69) is 4.72 Å². The Morgan fingerprint density at radius 1 is 1.35 bits per heavy atom. The van der Waals surface area contributed by atoms with E-state index in [4.69, 9.17) is 17.3 Å². The first-order valence-corrected chi connectivity index (χ1v) is 7.44. The second-order valence-corrected chi connectivity index (χ2v) is 6.15. The first-order chi connectivity index (χ1) is 7.94. The van der Waals surface area contributed by atoms with Crippen molar-refractivity contribution >= 4 is 27.3 Å². The van der Waals surface area contributed by atoms with Gasteiger partial charge in [0.2, 0.25) is 10.0 Å². The van der Waals surface area contributed by atoms with E-state index in [1.165, 1.54) is 0 Å². The van der Waals surface area contributed by atoms with E-state index in [1.807, 2.05) is 6.92 Å². The van der Waals surface area contributed by atoms with Crippen molar-refractivity contribution in [2.24, 2.45) is 5.73 Å². The number of unbranched alkanes of at least 4 members (excludes halogenated alkanes) is 1. The van der Waals surface area contributed by atoms with E-state index < -0.39 is 10.0 Å². The fraction of sp³-hybridized carbons (Fsp3) is 0.455. The molecule has 96 valence electrons. The lowest BCUT2D eigenvalue weighted by Crippen LogP contribution is -2.18. The Hall–Kier alpha value is -0.780. The van der Waals surface area contributed by atoms with Crippen LogP contribution < -0.4 is 10.5 Å². The van der Waals surface area contributed by atoms with Crippen LogP contribution >= 0.6 is 11.6 Å². The molecule has 0 saturated heterocycles. The molecule has 3 N–H and O–H groups in total. The number of hydrogen-bond acceptors (Lipinski definition) is 3. The molecule has 6 heteroatoms. The summed E-state index contributed by atoms with van der Waals surface area (Å²) in [6.45, 7) is 2.32. The zero-order valence-corrected chi connectivity index (χ0v) is 11.3. The van der Waals surface area contributed by atoms with E-state index in [9.17, 15) is 8.42 Å². The molecular weight excluding hydrogens is 260 g/mol. The minimum Gasteiger partial charge on any atom is -0.330 e. The van der Waals surface area contributed by atoms with Gasteiger partial charge in [-0.2, -0.15) is 0 Å². The third-order valence-corrected chi connectivity index (χ3v) is 3.91. The fourth-order valence-corrected chi connectivity index (χ4v) is 2.87. The molecule has 0 aromatic heterocycles. The van der Waals surface area contributed by atoms with Gasteiger partial charge < -0.3 is 5.73 Å². The minimum atomic E-state index is -3.29. The topological polar surface area (TPSA) is 72.2 Å². The lowest BCUT2D eigenvalue weighted by molar-refractivity contribution is 0.597. The maximum atomic E-state index is 11.7. The van der Waals surface area contributed by atoms with Crippen LogP contribution in [0.2, 0.25) is 5.02 Å². The van der Waals surface area contributed by atoms with Crippen molar-refractivity contribution in [3.63, 3.8) is 0 Å². The van der Waals surface area contributed by atoms with Crippen LogP contribution in [-0.4, -0.2) is 20.7 Å². The molecule has 0 radical (unpaired) electrons. The van der Waals surface area contributed by atoms with Crippen LogP contribution in [0.15, 0.2) is 18.2 Å². The molecular formula is C11H17ClN2O2S. The van der Waals surface area contributed by atoms with E-state index in [0.29, 0.717) is 30.1 Å². The molecule has 0 saturated carbocycles. The zero-order valence-electron chi connectivity index (χ0n) is 9.74. The smallest absolute Gasteiger partial charge is 0.232 e. The quantitative estimate of drug-likeness (QED) is 0.782. The summed E-state index contributed by atoms with van der Waals surface area (Å²) in [5.41, 5.74) is 6.70. The lowest BCUT2D eigenvalue weighted by Gasteiger charge is -2.10. The summed E-state index contributed by atoms with van der Waals surface area (Å²) in [7, 11) is -3.29. The number of aryl methyl sites for hydroxylation is 1. The monoisotopic (exact) mass is 276 g/mol. The van der Waals surface area contributed by atoms with Gasteiger partial charge in [-0.3, -0.25) is 4.72 Å². The number of sulfonamides is 1. The molecule has 1 rings (SSSR count). The Balaban J connectivity index is 2.69. The van der Waals surface area contributed by atoms with Gasteiger partial charge in [-0.1, -0.05) is 11.6 Å². The Kier molecular flexibility index (Phi) is 5.24. The second kappa shape index (κ2) is 6.23. The molecule has 0 aliphatic carbocycles. The fourth-order valence-electron chi connectivity index (χ4n) is 1.40. The number of anilines is 1. The average molecular weight is 277 g/mol. The summed E-state index contributed by atoms with van der Waals surface area (Å²) in [4.78, 5) is 0. The average Bonchev–Trinajstić information content (AvgIpc) is 2.22. The molecule has 0 atom stereocenters. The Morgan fingerprint density at radius 2 is 2.06 bits per heavy atom. The summed E-state index contributed by atoms with van der Waals surface area (Å²) in [5.74, 6) is 0.0896. The normalized spacial score (nSPS) is 11.5. The van der Waals surface area contributed by atoms with Crippen molar-refractivity contribution in [1.82, 2.24) is 0 Å². The van der Waals surface area contributed by atoms with Crippen molar-refractivity contribution in [2.45, 2.75) is 19.8 Å². The largest absolute Gasteiger partial charge is 0.330 e. The van der Waals surface area contributed by atoms with Gasteiger partial charge in [0, 0.05) is 5.02 Å². The van der Waals surface area contributed by atoms with Gasteiger partial charge in [-0.15, -0.1) is 0 Å². The SMILES string of the molecule is Cc1cc(Cl)ccc1NS(=O)(=O)CCCCN. The van der Waals surface area contributed by atoms with E-state index in [1.54, 1.807) is 18.2 Å². The first kappa shape index (κ1) is 14.3. The Labute approximate surface area is 107 Å². The number of rotatable bonds is 6. The van der Waals surface area contributed by atoms with E-state index >= 15 is 0 Å². The molecule has 17 heavy (non-hydrogen) atoms. The van der Waals surface area contributed by atoms with Crippen LogP contribution in [0.3, 0.4) is 0 Å². The van der Waals surface area contributed by atoms with Crippen LogP contribution in [-0.2, 0) is 10.0 Å². The van der Waals surface area contributed by atoms with E-state index in [-0.39, 0.29) is 5.75 Å². The maximum Gasteiger partial charge on any atom is 0.232 e.